The molecular weight excluding hydrogens is 193 g/mol. The smallest absolute Gasteiger partial charge is 0.294 e. The summed E-state index contributed by atoms with van der Waals surface area (Å²) in [6.45, 7) is 0. The van der Waals surface area contributed by atoms with E-state index in [-0.39, 0.29) is 0 Å². The average molecular weight is 204 g/mol. The van der Waals surface area contributed by atoms with Crippen LogP contribution in [0.5, 0.6) is 0 Å². The van der Waals surface area contributed by atoms with Crippen molar-refractivity contribution in [3.8, 4) is 0 Å². The van der Waals surface area contributed by atoms with Gasteiger partial charge < -0.3 is 0 Å². The third-order valence-corrected chi connectivity index (χ3v) is 1.93. The van der Waals surface area contributed by atoms with Crippen molar-refractivity contribution in [2.24, 2.45) is 0 Å². The van der Waals surface area contributed by atoms with Crippen LogP contribution >= 0.6 is 0 Å². The number of rotatable bonds is 3. The number of ketones is 1. The summed E-state index contributed by atoms with van der Waals surface area (Å²) < 4.78 is 35.2. The maximum absolute atomic E-state index is 11.7. The fraction of sp³-hybridized carbons (Fsp3) is 0.500. The van der Waals surface area contributed by atoms with E-state index in [9.17, 15) is 18.0 Å². The summed E-state index contributed by atoms with van der Waals surface area (Å²) in [5.41, 5.74) is 0.959. The highest BCUT2D eigenvalue weighted by molar-refractivity contribution is 5.90. The molecule has 0 aromatic heterocycles. The zero-order valence-corrected chi connectivity index (χ0v) is 7.60. The van der Waals surface area contributed by atoms with Gasteiger partial charge in [-0.15, -0.1) is 0 Å². The molecule has 0 unspecified atom stereocenters. The summed E-state index contributed by atoms with van der Waals surface area (Å²) in [5, 5.41) is 0. The second-order valence-electron chi connectivity index (χ2n) is 3.26. The lowest BCUT2D eigenvalue weighted by molar-refractivity contribution is -0.148. The quantitative estimate of drug-likeness (QED) is 0.645. The van der Waals surface area contributed by atoms with Gasteiger partial charge >= 0.3 is 6.18 Å². The number of allylic oxidation sites excluding steroid dienone is 4. The lowest BCUT2D eigenvalue weighted by Crippen LogP contribution is -2.12. The van der Waals surface area contributed by atoms with Crippen molar-refractivity contribution in [3.05, 3.63) is 23.8 Å². The van der Waals surface area contributed by atoms with Crippen LogP contribution in [0.1, 0.15) is 25.7 Å². The van der Waals surface area contributed by atoms with Gasteiger partial charge in [-0.25, -0.2) is 0 Å². The van der Waals surface area contributed by atoms with Gasteiger partial charge in [0, 0.05) is 0 Å². The van der Waals surface area contributed by atoms with Crippen LogP contribution < -0.4 is 0 Å². The fourth-order valence-electron chi connectivity index (χ4n) is 1.30. The highest BCUT2D eigenvalue weighted by atomic mass is 19.4. The molecule has 14 heavy (non-hydrogen) atoms. The van der Waals surface area contributed by atoms with E-state index in [0.717, 1.165) is 30.9 Å². The Balaban J connectivity index is 2.40. The molecule has 0 aliphatic heterocycles. The molecule has 0 saturated heterocycles. The van der Waals surface area contributed by atoms with Gasteiger partial charge in [-0.1, -0.05) is 17.7 Å². The number of hydrogen-bond acceptors (Lipinski definition) is 1. The number of hydrogen-bond donors (Lipinski definition) is 0. The van der Waals surface area contributed by atoms with Gasteiger partial charge in [0.05, 0.1) is 0 Å². The van der Waals surface area contributed by atoms with E-state index in [4.69, 9.17) is 0 Å². The lowest BCUT2D eigenvalue weighted by Gasteiger charge is -2.01. The molecule has 1 rings (SSSR count). The molecule has 1 aliphatic rings. The van der Waals surface area contributed by atoms with Gasteiger partial charge in [0.1, 0.15) is 6.42 Å². The number of alkyl halides is 3. The molecule has 0 atom stereocenters. The molecule has 0 radical (unpaired) electrons. The van der Waals surface area contributed by atoms with E-state index in [1.54, 1.807) is 0 Å². The molecule has 1 aliphatic carbocycles. The third-order valence-electron chi connectivity index (χ3n) is 1.93. The van der Waals surface area contributed by atoms with Crippen molar-refractivity contribution in [1.29, 1.82) is 0 Å². The van der Waals surface area contributed by atoms with E-state index >= 15 is 0 Å². The van der Waals surface area contributed by atoms with Gasteiger partial charge in [-0.05, 0) is 25.3 Å². The number of carbonyl (C=O) groups is 1. The predicted octanol–water partition coefficient (Wildman–Crippen LogP) is 3.17. The Kier molecular flexibility index (Phi) is 3.49. The second-order valence-corrected chi connectivity index (χ2v) is 3.26. The van der Waals surface area contributed by atoms with Crippen LogP contribution in [0.2, 0.25) is 0 Å². The van der Waals surface area contributed by atoms with Crippen molar-refractivity contribution in [2.75, 3.05) is 0 Å². The Bertz CT molecular complexity index is 274. The van der Waals surface area contributed by atoms with Crippen molar-refractivity contribution in [3.63, 3.8) is 0 Å². The standard InChI is InChI=1S/C10H11F3O/c11-10(12,13)7-9(14)6-5-8-3-1-2-4-8/h3,5-6H,1-2,4,7H2. The summed E-state index contributed by atoms with van der Waals surface area (Å²) in [4.78, 5) is 10.8. The van der Waals surface area contributed by atoms with Crippen LogP contribution in [0, 0.1) is 0 Å². The topological polar surface area (TPSA) is 17.1 Å². The van der Waals surface area contributed by atoms with Gasteiger partial charge in [0.15, 0.2) is 5.78 Å². The Morgan fingerprint density at radius 3 is 2.71 bits per heavy atom. The molecule has 0 bridgehead atoms. The molecule has 0 heterocycles. The molecule has 0 saturated carbocycles. The minimum absolute atomic E-state index is 0.857. The molecule has 0 amide bonds. The lowest BCUT2D eigenvalue weighted by atomic mass is 10.2. The first-order valence-electron chi connectivity index (χ1n) is 4.44. The maximum atomic E-state index is 11.7. The molecule has 0 aromatic carbocycles. The van der Waals surface area contributed by atoms with Crippen LogP contribution in [-0.4, -0.2) is 12.0 Å². The van der Waals surface area contributed by atoms with E-state index in [1.165, 1.54) is 6.08 Å². The van der Waals surface area contributed by atoms with Crippen molar-refractivity contribution in [1.82, 2.24) is 0 Å². The molecule has 0 fully saturated rings. The fourth-order valence-corrected chi connectivity index (χ4v) is 1.30. The molecular formula is C10H11F3O. The van der Waals surface area contributed by atoms with E-state index in [0.29, 0.717) is 0 Å². The Morgan fingerprint density at radius 1 is 1.50 bits per heavy atom. The number of halogens is 3. The van der Waals surface area contributed by atoms with Crippen LogP contribution in [0.25, 0.3) is 0 Å². The molecule has 78 valence electrons. The monoisotopic (exact) mass is 204 g/mol. The van der Waals surface area contributed by atoms with Gasteiger partial charge in [0.2, 0.25) is 0 Å². The summed E-state index contributed by atoms with van der Waals surface area (Å²) in [7, 11) is 0. The van der Waals surface area contributed by atoms with Gasteiger partial charge in [-0.2, -0.15) is 13.2 Å². The highest BCUT2D eigenvalue weighted by Gasteiger charge is 2.29. The molecule has 0 spiro atoms. The van der Waals surface area contributed by atoms with Crippen LogP contribution in [0.3, 0.4) is 0 Å². The highest BCUT2D eigenvalue weighted by Crippen LogP contribution is 2.21. The van der Waals surface area contributed by atoms with Gasteiger partial charge in [-0.3, -0.25) is 4.79 Å². The van der Waals surface area contributed by atoms with E-state index in [1.807, 2.05) is 6.08 Å². The van der Waals surface area contributed by atoms with E-state index in [2.05, 4.69) is 0 Å². The van der Waals surface area contributed by atoms with Crippen molar-refractivity contribution in [2.45, 2.75) is 31.9 Å². The summed E-state index contributed by atoms with van der Waals surface area (Å²) in [5.74, 6) is -0.884. The van der Waals surface area contributed by atoms with Crippen molar-refractivity contribution < 1.29 is 18.0 Å². The normalized spacial score (nSPS) is 17.5. The summed E-state index contributed by atoms with van der Waals surface area (Å²) in [6.07, 6.45) is 1.52. The van der Waals surface area contributed by atoms with Crippen LogP contribution in [0.15, 0.2) is 23.8 Å². The SMILES string of the molecule is O=C(C=CC1=CCCC1)CC(F)(F)F. The van der Waals surface area contributed by atoms with Crippen LogP contribution in [-0.2, 0) is 4.79 Å². The minimum Gasteiger partial charge on any atom is -0.294 e. The largest absolute Gasteiger partial charge is 0.396 e. The number of carbonyl (C=O) groups excluding carboxylic acids is 1. The van der Waals surface area contributed by atoms with E-state index < -0.39 is 18.4 Å². The first-order valence-corrected chi connectivity index (χ1v) is 4.44. The molecule has 4 heteroatoms. The second kappa shape index (κ2) is 4.44. The zero-order chi connectivity index (χ0) is 10.6. The average Bonchev–Trinajstić information content (AvgIpc) is 2.49. The van der Waals surface area contributed by atoms with Crippen LogP contribution in [0.4, 0.5) is 13.2 Å². The first kappa shape index (κ1) is 11.0. The zero-order valence-electron chi connectivity index (χ0n) is 7.60. The molecule has 1 nitrogen and oxygen atoms in total. The minimum atomic E-state index is -4.40. The maximum Gasteiger partial charge on any atom is 0.396 e. The molecule has 0 aromatic rings. The molecule has 0 N–H and O–H groups in total. The first-order chi connectivity index (χ1) is 6.47. The third kappa shape index (κ3) is 4.25. The Labute approximate surface area is 80.3 Å². The van der Waals surface area contributed by atoms with Crippen molar-refractivity contribution >= 4 is 5.78 Å². The Hall–Kier alpha value is -1.06. The summed E-state index contributed by atoms with van der Waals surface area (Å²) >= 11 is 0. The predicted molar refractivity (Wildman–Crippen MR) is 46.8 cm³/mol. The Morgan fingerprint density at radius 2 is 2.21 bits per heavy atom. The van der Waals surface area contributed by atoms with Gasteiger partial charge in [0.25, 0.3) is 0 Å². The summed E-state index contributed by atoms with van der Waals surface area (Å²) in [6, 6.07) is 0.